The number of hydrogen-bond donors (Lipinski definition) is 2. The number of anilines is 1. The van der Waals surface area contributed by atoms with Crippen LogP contribution in [-0.2, 0) is 34.0 Å². The van der Waals surface area contributed by atoms with Crippen molar-refractivity contribution >= 4 is 21.8 Å². The molecule has 0 spiro atoms. The molecule has 3 N–H and O–H groups in total. The molecule has 0 saturated heterocycles. The molecule has 0 fully saturated rings. The smallest absolute Gasteiger partial charge is 0.193 e. The molecule has 0 aromatic heterocycles. The van der Waals surface area contributed by atoms with Crippen LogP contribution in [0.15, 0.2) is 34.3 Å². The van der Waals surface area contributed by atoms with E-state index >= 15 is 0 Å². The van der Waals surface area contributed by atoms with Crippen LogP contribution >= 0.6 is 0 Å². The maximum Gasteiger partial charge on any atom is 0.193 e. The highest BCUT2D eigenvalue weighted by atomic mass is 32.2. The Labute approximate surface area is 155 Å². The molecule has 1 aromatic rings. The first-order chi connectivity index (χ1) is 12.2. The number of rotatable bonds is 6. The molecular weight excluding hydrogens is 350 g/mol. The average molecular weight is 378 g/mol. The van der Waals surface area contributed by atoms with Crippen molar-refractivity contribution in [1.82, 2.24) is 5.32 Å². The summed E-state index contributed by atoms with van der Waals surface area (Å²) in [6, 6.07) is 3.98. The van der Waals surface area contributed by atoms with Gasteiger partial charge in [0.25, 0.3) is 0 Å². The lowest BCUT2D eigenvalue weighted by Gasteiger charge is -2.36. The van der Waals surface area contributed by atoms with Crippen LogP contribution in [0.1, 0.15) is 44.4 Å². The largest absolute Gasteiger partial charge is 0.359 e. The molecule has 0 aliphatic carbocycles. The van der Waals surface area contributed by atoms with E-state index in [0.717, 1.165) is 28.6 Å². The normalized spacial score (nSPS) is 15.4. The first-order valence-corrected chi connectivity index (χ1v) is 10.6. The predicted octanol–water partition coefficient (Wildman–Crippen LogP) is 2.34. The van der Waals surface area contributed by atoms with E-state index in [1.54, 1.807) is 18.7 Å². The summed E-state index contributed by atoms with van der Waals surface area (Å²) < 4.78 is 25.1. The Bertz CT molecular complexity index is 874. The second-order valence-electron chi connectivity index (χ2n) is 6.46. The number of allylic oxidation sites excluding steroid dienone is 3. The maximum absolute atomic E-state index is 12.6. The maximum atomic E-state index is 12.6. The minimum atomic E-state index is -3.58. The van der Waals surface area contributed by atoms with Crippen molar-refractivity contribution in [2.45, 2.75) is 47.1 Å². The van der Waals surface area contributed by atoms with Gasteiger partial charge < -0.3 is 11.1 Å². The van der Waals surface area contributed by atoms with E-state index in [1.807, 2.05) is 26.0 Å². The second kappa shape index (κ2) is 7.63. The second-order valence-corrected chi connectivity index (χ2v) is 8.40. The molecule has 0 bridgehead atoms. The highest BCUT2D eigenvalue weighted by molar-refractivity contribution is 7.94. The Kier molecular flexibility index (Phi) is 5.93. The van der Waals surface area contributed by atoms with Gasteiger partial charge in [-0.25, -0.2) is 8.42 Å². The van der Waals surface area contributed by atoms with Crippen molar-refractivity contribution in [2.75, 3.05) is 11.2 Å². The van der Waals surface area contributed by atoms with Crippen molar-refractivity contribution in [3.63, 3.8) is 0 Å². The van der Waals surface area contributed by atoms with Gasteiger partial charge in [0.2, 0.25) is 0 Å². The van der Waals surface area contributed by atoms with Crippen molar-refractivity contribution in [1.29, 1.82) is 0 Å². The molecule has 0 atom stereocenters. The molecule has 1 aromatic carbocycles. The number of carbonyl (C=O) groups excluding carboxylic acids is 1. The number of sulfone groups is 1. The third kappa shape index (κ3) is 3.54. The summed E-state index contributed by atoms with van der Waals surface area (Å²) in [6.45, 7) is 7.90. The van der Waals surface area contributed by atoms with E-state index in [2.05, 4.69) is 5.32 Å². The van der Waals surface area contributed by atoms with Gasteiger partial charge >= 0.3 is 0 Å². The summed E-state index contributed by atoms with van der Waals surface area (Å²) in [5.74, 6) is 0. The number of nitrogens with two attached hydrogens (primary N) is 1. The van der Waals surface area contributed by atoms with Gasteiger partial charge in [-0.3, -0.25) is 9.69 Å². The predicted molar refractivity (Wildman–Crippen MR) is 105 cm³/mol. The van der Waals surface area contributed by atoms with Gasteiger partial charge in [-0.05, 0) is 43.4 Å². The van der Waals surface area contributed by atoms with Crippen molar-refractivity contribution in [3.8, 4) is 0 Å². The summed E-state index contributed by atoms with van der Waals surface area (Å²) in [6.07, 6.45) is 3.26. The van der Waals surface area contributed by atoms with Crippen LogP contribution in [0.5, 0.6) is 0 Å². The van der Waals surface area contributed by atoms with Crippen LogP contribution in [0, 0.1) is 0 Å². The fourth-order valence-corrected chi connectivity index (χ4v) is 4.56. The minimum absolute atomic E-state index is 0.107. The van der Waals surface area contributed by atoms with Crippen LogP contribution < -0.4 is 16.0 Å². The quantitative estimate of drug-likeness (QED) is 0.739. The molecule has 1 aliphatic rings. The number of nitrogens with one attached hydrogen (secondary N) is 1. The number of aldehydes is 1. The van der Waals surface area contributed by atoms with Gasteiger partial charge in [-0.2, -0.15) is 0 Å². The van der Waals surface area contributed by atoms with Gasteiger partial charge in [-0.15, -0.1) is 0 Å². The SMILES string of the molecule is CCc1cc(CN)cc(CC)c1N1C(C=O)=C(C)NC(C)=C1S(C)(=O)=O. The Hall–Kier alpha value is -2.12. The fourth-order valence-electron chi connectivity index (χ4n) is 3.43. The lowest BCUT2D eigenvalue weighted by molar-refractivity contribution is -0.105. The summed E-state index contributed by atoms with van der Waals surface area (Å²) in [4.78, 5) is 13.5. The molecule has 26 heavy (non-hydrogen) atoms. The summed E-state index contributed by atoms with van der Waals surface area (Å²) in [7, 11) is -3.58. The van der Waals surface area contributed by atoms with E-state index in [0.29, 0.717) is 42.8 Å². The Balaban J connectivity index is 2.92. The Morgan fingerprint density at radius 3 is 2.04 bits per heavy atom. The molecule has 142 valence electrons. The minimum Gasteiger partial charge on any atom is -0.359 e. The van der Waals surface area contributed by atoms with Gasteiger partial charge in [0.15, 0.2) is 21.2 Å². The molecule has 7 heteroatoms. The van der Waals surface area contributed by atoms with Gasteiger partial charge in [0.05, 0.1) is 5.69 Å². The summed E-state index contributed by atoms with van der Waals surface area (Å²) in [5.41, 5.74) is 10.9. The lowest BCUT2D eigenvalue weighted by atomic mass is 9.97. The van der Waals surface area contributed by atoms with Gasteiger partial charge in [-0.1, -0.05) is 26.0 Å². The molecule has 0 radical (unpaired) electrons. The monoisotopic (exact) mass is 377 g/mol. The average Bonchev–Trinajstić information content (AvgIpc) is 2.58. The van der Waals surface area contributed by atoms with Crippen LogP contribution in [0.2, 0.25) is 0 Å². The standard InChI is InChI=1S/C19H27N3O3S/c1-6-15-8-14(10-20)9-16(7-2)18(15)22-17(11-23)12(3)21-13(4)19(22)26(5,24)25/h8-9,11,21H,6-7,10,20H2,1-5H3. The van der Waals surface area contributed by atoms with E-state index in [9.17, 15) is 13.2 Å². The van der Waals surface area contributed by atoms with E-state index in [1.165, 1.54) is 0 Å². The number of aryl methyl sites for hydroxylation is 2. The topological polar surface area (TPSA) is 92.5 Å². The summed E-state index contributed by atoms with van der Waals surface area (Å²) in [5, 5.41) is 3.13. The molecule has 1 heterocycles. The highest BCUT2D eigenvalue weighted by Gasteiger charge is 2.33. The van der Waals surface area contributed by atoms with Crippen molar-refractivity contribution in [2.24, 2.45) is 5.73 Å². The van der Waals surface area contributed by atoms with E-state index in [4.69, 9.17) is 5.73 Å². The number of hydrogen-bond acceptors (Lipinski definition) is 6. The lowest BCUT2D eigenvalue weighted by Crippen LogP contribution is -2.38. The van der Waals surface area contributed by atoms with E-state index in [-0.39, 0.29) is 5.03 Å². The van der Waals surface area contributed by atoms with Crippen molar-refractivity contribution in [3.05, 3.63) is 50.9 Å². The molecule has 0 amide bonds. The van der Waals surface area contributed by atoms with Gasteiger partial charge in [0, 0.05) is 24.2 Å². The molecule has 2 rings (SSSR count). The summed E-state index contributed by atoms with van der Waals surface area (Å²) >= 11 is 0. The number of nitrogens with zero attached hydrogens (tertiary/aromatic N) is 1. The van der Waals surface area contributed by atoms with E-state index < -0.39 is 9.84 Å². The zero-order chi connectivity index (χ0) is 19.6. The van der Waals surface area contributed by atoms with Crippen molar-refractivity contribution < 1.29 is 13.2 Å². The molecule has 1 aliphatic heterocycles. The Morgan fingerprint density at radius 2 is 1.65 bits per heavy atom. The van der Waals surface area contributed by atoms with Crippen LogP contribution in [0.3, 0.4) is 0 Å². The molecular formula is C19H27N3O3S. The van der Waals surface area contributed by atoms with Crippen LogP contribution in [0.4, 0.5) is 5.69 Å². The van der Waals surface area contributed by atoms with Crippen LogP contribution in [0.25, 0.3) is 0 Å². The first kappa shape index (κ1) is 20.2. The Morgan fingerprint density at radius 1 is 1.12 bits per heavy atom. The zero-order valence-corrected chi connectivity index (χ0v) is 16.8. The molecule has 6 nitrogen and oxygen atoms in total. The number of carbonyl (C=O) groups is 1. The third-order valence-electron chi connectivity index (χ3n) is 4.54. The molecule has 0 unspecified atom stereocenters. The van der Waals surface area contributed by atoms with Crippen LogP contribution in [-0.4, -0.2) is 21.0 Å². The van der Waals surface area contributed by atoms with Gasteiger partial charge in [0.1, 0.15) is 5.70 Å². The third-order valence-corrected chi connectivity index (χ3v) is 5.73. The first-order valence-electron chi connectivity index (χ1n) is 8.68. The molecule has 0 saturated carbocycles. The zero-order valence-electron chi connectivity index (χ0n) is 16.0. The highest BCUT2D eigenvalue weighted by Crippen LogP contribution is 2.38. The fraction of sp³-hybridized carbons (Fsp3) is 0.421. The number of benzene rings is 1.